The first-order valence-corrected chi connectivity index (χ1v) is 7.42. The molecule has 2 rings (SSSR count). The lowest BCUT2D eigenvalue weighted by atomic mass is 10.3. The summed E-state index contributed by atoms with van der Waals surface area (Å²) in [6.07, 6.45) is 1.83. The van der Waals surface area contributed by atoms with Crippen molar-refractivity contribution in [3.8, 4) is 11.8 Å². The molecule has 2 aromatic rings. The Bertz CT molecular complexity index is 491. The molecule has 0 atom stereocenters. The van der Waals surface area contributed by atoms with E-state index in [0.29, 0.717) is 6.54 Å². The second-order valence-corrected chi connectivity index (χ2v) is 5.97. The number of hydrogen-bond donors (Lipinski definition) is 1. The van der Waals surface area contributed by atoms with Gasteiger partial charge in [-0.2, -0.15) is 0 Å². The van der Waals surface area contributed by atoms with E-state index in [9.17, 15) is 0 Å². The van der Waals surface area contributed by atoms with Crippen molar-refractivity contribution in [3.63, 3.8) is 0 Å². The van der Waals surface area contributed by atoms with Gasteiger partial charge in [-0.25, -0.2) is 4.98 Å². The van der Waals surface area contributed by atoms with Crippen LogP contribution in [0.1, 0.15) is 10.4 Å². The predicted molar refractivity (Wildman–Crippen MR) is 71.9 cm³/mol. The van der Waals surface area contributed by atoms with Crippen LogP contribution in [-0.4, -0.2) is 11.5 Å². The average Bonchev–Trinajstić information content (AvgIpc) is 2.94. The number of thiazole rings is 1. The van der Waals surface area contributed by atoms with Crippen molar-refractivity contribution in [2.45, 2.75) is 10.1 Å². The van der Waals surface area contributed by atoms with Crippen molar-refractivity contribution in [3.05, 3.63) is 33.5 Å². The van der Waals surface area contributed by atoms with Gasteiger partial charge in [-0.1, -0.05) is 23.6 Å². The first kappa shape index (κ1) is 11.7. The van der Waals surface area contributed by atoms with E-state index in [1.165, 1.54) is 4.88 Å². The largest absolute Gasteiger partial charge is 0.320 e. The molecule has 0 aliphatic carbocycles. The third kappa shape index (κ3) is 3.09. The summed E-state index contributed by atoms with van der Waals surface area (Å²) in [7, 11) is 0. The zero-order chi connectivity index (χ0) is 11.2. The topological polar surface area (TPSA) is 38.9 Å². The van der Waals surface area contributed by atoms with Gasteiger partial charge >= 0.3 is 0 Å². The van der Waals surface area contributed by atoms with Crippen LogP contribution in [0.25, 0.3) is 0 Å². The van der Waals surface area contributed by atoms with Crippen molar-refractivity contribution >= 4 is 34.4 Å². The van der Waals surface area contributed by atoms with E-state index in [1.807, 2.05) is 17.6 Å². The summed E-state index contributed by atoms with van der Waals surface area (Å²) in [6.45, 7) is 0.412. The summed E-state index contributed by atoms with van der Waals surface area (Å²) in [5.74, 6) is 6.90. The highest BCUT2D eigenvalue weighted by atomic mass is 32.2. The van der Waals surface area contributed by atoms with Crippen molar-refractivity contribution in [2.24, 2.45) is 5.73 Å². The van der Waals surface area contributed by atoms with E-state index >= 15 is 0 Å². The van der Waals surface area contributed by atoms with Gasteiger partial charge in [-0.3, -0.25) is 0 Å². The van der Waals surface area contributed by atoms with Crippen LogP contribution in [0.4, 0.5) is 0 Å². The molecule has 2 aromatic heterocycles. The molecule has 0 aliphatic rings. The van der Waals surface area contributed by atoms with E-state index in [2.05, 4.69) is 22.2 Å². The molecule has 0 saturated heterocycles. The maximum atomic E-state index is 5.36. The number of nitrogens with two attached hydrogens (primary N) is 1. The Morgan fingerprint density at radius 3 is 3.06 bits per heavy atom. The zero-order valence-corrected chi connectivity index (χ0v) is 10.9. The van der Waals surface area contributed by atoms with Gasteiger partial charge in [0.15, 0.2) is 0 Å². The van der Waals surface area contributed by atoms with Gasteiger partial charge in [-0.05, 0) is 11.4 Å². The van der Waals surface area contributed by atoms with Gasteiger partial charge in [0.1, 0.15) is 4.34 Å². The fourth-order valence-corrected chi connectivity index (χ4v) is 3.70. The molecule has 0 radical (unpaired) electrons. The van der Waals surface area contributed by atoms with Crippen LogP contribution in [0.5, 0.6) is 0 Å². The average molecular weight is 266 g/mol. The number of nitrogens with zero attached hydrogens (tertiary/aromatic N) is 1. The fourth-order valence-electron chi connectivity index (χ4n) is 1.12. The van der Waals surface area contributed by atoms with Gasteiger partial charge in [-0.15, -0.1) is 22.7 Å². The van der Waals surface area contributed by atoms with Crippen molar-refractivity contribution in [2.75, 3.05) is 6.54 Å². The minimum absolute atomic E-state index is 0.412. The molecule has 2 heterocycles. The Kier molecular flexibility index (Phi) is 4.43. The molecule has 0 aliphatic heterocycles. The fraction of sp³-hybridized carbons (Fsp3) is 0.182. The van der Waals surface area contributed by atoms with Crippen LogP contribution in [-0.2, 0) is 5.75 Å². The molecular formula is C11H10N2S3. The van der Waals surface area contributed by atoms with E-state index < -0.39 is 0 Å². The Balaban J connectivity index is 2.01. The van der Waals surface area contributed by atoms with Gasteiger partial charge < -0.3 is 5.73 Å². The summed E-state index contributed by atoms with van der Waals surface area (Å²) in [5, 5.41) is 4.06. The van der Waals surface area contributed by atoms with Gasteiger partial charge in [0.2, 0.25) is 0 Å². The third-order valence-electron chi connectivity index (χ3n) is 1.81. The van der Waals surface area contributed by atoms with Gasteiger partial charge in [0, 0.05) is 27.8 Å². The Morgan fingerprint density at radius 2 is 2.31 bits per heavy atom. The van der Waals surface area contributed by atoms with Crippen LogP contribution >= 0.6 is 34.4 Å². The number of hydrogen-bond acceptors (Lipinski definition) is 5. The summed E-state index contributed by atoms with van der Waals surface area (Å²) in [4.78, 5) is 5.53. The quantitative estimate of drug-likeness (QED) is 0.686. The number of thioether (sulfide) groups is 1. The maximum Gasteiger partial charge on any atom is 0.150 e. The predicted octanol–water partition coefficient (Wildman–Crippen LogP) is 2.81. The number of rotatable bonds is 3. The molecule has 0 saturated carbocycles. The summed E-state index contributed by atoms with van der Waals surface area (Å²) in [6, 6.07) is 2.05. The van der Waals surface area contributed by atoms with E-state index in [4.69, 9.17) is 5.73 Å². The Hall–Kier alpha value is -0.800. The molecule has 0 unspecified atom stereocenters. The lowest BCUT2D eigenvalue weighted by Gasteiger charge is -1.95. The lowest BCUT2D eigenvalue weighted by molar-refractivity contribution is 1.25. The second-order valence-electron chi connectivity index (χ2n) is 2.85. The Labute approximate surface area is 107 Å². The minimum atomic E-state index is 0.412. The van der Waals surface area contributed by atoms with Crippen LogP contribution in [0, 0.1) is 11.8 Å². The van der Waals surface area contributed by atoms with Gasteiger partial charge in [0.05, 0.1) is 6.54 Å². The smallest absolute Gasteiger partial charge is 0.150 e. The molecule has 0 fully saturated rings. The monoisotopic (exact) mass is 266 g/mol. The molecule has 2 N–H and O–H groups in total. The second kappa shape index (κ2) is 6.06. The van der Waals surface area contributed by atoms with Crippen LogP contribution in [0.3, 0.4) is 0 Å². The molecule has 5 heteroatoms. The summed E-state index contributed by atoms with van der Waals surface area (Å²) < 4.78 is 1.10. The highest BCUT2D eigenvalue weighted by Gasteiger charge is 2.04. The third-order valence-corrected chi connectivity index (χ3v) is 4.90. The lowest BCUT2D eigenvalue weighted by Crippen LogP contribution is -1.93. The molecule has 16 heavy (non-hydrogen) atoms. The minimum Gasteiger partial charge on any atom is -0.320 e. The van der Waals surface area contributed by atoms with Crippen molar-refractivity contribution in [1.82, 2.24) is 4.98 Å². The first-order valence-electron chi connectivity index (χ1n) is 4.67. The van der Waals surface area contributed by atoms with Crippen LogP contribution in [0.15, 0.2) is 27.4 Å². The van der Waals surface area contributed by atoms with Crippen molar-refractivity contribution < 1.29 is 0 Å². The standard InChI is InChI=1S/C11H10N2S3/c12-4-1-2-9-3-6-14-10(9)8-16-11-13-5-7-15-11/h3,5-7H,4,8,12H2. The highest BCUT2D eigenvalue weighted by Crippen LogP contribution is 2.28. The summed E-state index contributed by atoms with van der Waals surface area (Å²) in [5.41, 5.74) is 6.46. The summed E-state index contributed by atoms with van der Waals surface area (Å²) >= 11 is 5.15. The molecule has 2 nitrogen and oxygen atoms in total. The SMILES string of the molecule is NCC#Cc1ccsc1CSc1nccs1. The number of aromatic nitrogens is 1. The molecular weight excluding hydrogens is 256 g/mol. The van der Waals surface area contributed by atoms with E-state index in [-0.39, 0.29) is 0 Å². The maximum absolute atomic E-state index is 5.36. The molecule has 0 amide bonds. The molecule has 82 valence electrons. The molecule has 0 aromatic carbocycles. The van der Waals surface area contributed by atoms with Gasteiger partial charge in [0.25, 0.3) is 0 Å². The van der Waals surface area contributed by atoms with Crippen LogP contribution in [0.2, 0.25) is 0 Å². The normalized spacial score (nSPS) is 9.81. The molecule has 0 bridgehead atoms. The van der Waals surface area contributed by atoms with Crippen molar-refractivity contribution in [1.29, 1.82) is 0 Å². The van der Waals surface area contributed by atoms with E-state index in [1.54, 1.807) is 34.4 Å². The molecule has 0 spiro atoms. The number of thiophene rings is 1. The first-order chi connectivity index (χ1) is 7.90. The van der Waals surface area contributed by atoms with E-state index in [0.717, 1.165) is 15.7 Å². The highest BCUT2D eigenvalue weighted by molar-refractivity contribution is 8.00. The zero-order valence-electron chi connectivity index (χ0n) is 8.47. The Morgan fingerprint density at radius 1 is 1.38 bits per heavy atom. The van der Waals surface area contributed by atoms with Crippen LogP contribution < -0.4 is 5.73 Å².